The molecule has 0 aliphatic rings. The predicted molar refractivity (Wildman–Crippen MR) is 114 cm³/mol. The first-order valence-corrected chi connectivity index (χ1v) is 9.53. The van der Waals surface area contributed by atoms with Gasteiger partial charge in [-0.25, -0.2) is 4.99 Å². The van der Waals surface area contributed by atoms with E-state index in [-0.39, 0.29) is 24.0 Å². The number of nitrogens with zero attached hydrogens (tertiary/aromatic N) is 1. The van der Waals surface area contributed by atoms with Crippen molar-refractivity contribution < 1.29 is 5.11 Å². The Morgan fingerprint density at radius 1 is 1.35 bits per heavy atom. The van der Waals surface area contributed by atoms with Crippen molar-refractivity contribution in [1.82, 2.24) is 10.6 Å². The van der Waals surface area contributed by atoms with Crippen molar-refractivity contribution in [3.05, 3.63) is 43.2 Å². The zero-order valence-corrected chi connectivity index (χ0v) is 18.6. The fourth-order valence-corrected chi connectivity index (χ4v) is 4.06. The van der Waals surface area contributed by atoms with Crippen molar-refractivity contribution in [2.75, 3.05) is 13.1 Å². The third-order valence-corrected chi connectivity index (χ3v) is 5.75. The molecule has 1 atom stereocenters. The van der Waals surface area contributed by atoms with E-state index in [0.717, 1.165) is 15.2 Å². The molecule has 2 aromatic rings. The topological polar surface area (TPSA) is 56.7 Å². The van der Waals surface area contributed by atoms with Gasteiger partial charge in [-0.05, 0) is 53.4 Å². The number of hydrogen-bond donors (Lipinski definition) is 3. The first kappa shape index (κ1) is 20.9. The highest BCUT2D eigenvalue weighted by Gasteiger charge is 2.24. The third kappa shape index (κ3) is 6.69. The largest absolute Gasteiger partial charge is 0.383 e. The molecule has 2 heterocycles. The van der Waals surface area contributed by atoms with Crippen molar-refractivity contribution in [3.63, 3.8) is 0 Å². The van der Waals surface area contributed by atoms with Crippen molar-refractivity contribution in [2.45, 2.75) is 26.0 Å². The van der Waals surface area contributed by atoms with E-state index in [2.05, 4.69) is 37.6 Å². The first-order chi connectivity index (χ1) is 10.5. The molecule has 0 aliphatic heterocycles. The van der Waals surface area contributed by atoms with Gasteiger partial charge in [-0.3, -0.25) is 0 Å². The minimum atomic E-state index is -0.906. The molecule has 23 heavy (non-hydrogen) atoms. The SMILES string of the molecule is CCNC(=NCc1ccc(Br)s1)NCC(C)(O)c1cccs1.I. The molecule has 128 valence electrons. The average Bonchev–Trinajstić information content (AvgIpc) is 3.13. The highest BCUT2D eigenvalue weighted by molar-refractivity contribution is 14.0. The molecule has 0 aromatic carbocycles. The van der Waals surface area contributed by atoms with E-state index in [9.17, 15) is 5.11 Å². The van der Waals surface area contributed by atoms with Crippen LogP contribution in [-0.2, 0) is 12.1 Å². The van der Waals surface area contributed by atoms with Crippen LogP contribution in [0, 0.1) is 0 Å². The van der Waals surface area contributed by atoms with Gasteiger partial charge in [0.1, 0.15) is 5.60 Å². The Hall–Kier alpha value is -0.160. The molecular formula is C15H21BrIN3OS2. The zero-order chi connectivity index (χ0) is 16.0. The Morgan fingerprint density at radius 2 is 2.13 bits per heavy atom. The lowest BCUT2D eigenvalue weighted by molar-refractivity contribution is 0.0655. The Labute approximate surface area is 170 Å². The van der Waals surface area contributed by atoms with E-state index in [1.807, 2.05) is 37.4 Å². The van der Waals surface area contributed by atoms with Crippen LogP contribution in [0.2, 0.25) is 0 Å². The van der Waals surface area contributed by atoms with Crippen LogP contribution in [0.1, 0.15) is 23.6 Å². The van der Waals surface area contributed by atoms with Crippen LogP contribution in [0.3, 0.4) is 0 Å². The lowest BCUT2D eigenvalue weighted by atomic mass is 10.1. The fourth-order valence-electron chi connectivity index (χ4n) is 1.86. The van der Waals surface area contributed by atoms with E-state index in [1.54, 1.807) is 22.7 Å². The molecule has 8 heteroatoms. The summed E-state index contributed by atoms with van der Waals surface area (Å²) in [6, 6.07) is 7.98. The summed E-state index contributed by atoms with van der Waals surface area (Å²) in [5.74, 6) is 0.712. The van der Waals surface area contributed by atoms with Gasteiger partial charge in [0.05, 0.1) is 16.9 Å². The van der Waals surface area contributed by atoms with Crippen LogP contribution in [-0.4, -0.2) is 24.2 Å². The summed E-state index contributed by atoms with van der Waals surface area (Å²) in [4.78, 5) is 6.69. The predicted octanol–water partition coefficient (Wildman–Crippen LogP) is 4.15. The van der Waals surface area contributed by atoms with Gasteiger partial charge in [0.2, 0.25) is 0 Å². The van der Waals surface area contributed by atoms with Gasteiger partial charge in [-0.15, -0.1) is 46.7 Å². The molecular weight excluding hydrogens is 509 g/mol. The fraction of sp³-hybridized carbons (Fsp3) is 0.400. The van der Waals surface area contributed by atoms with Gasteiger partial charge in [-0.1, -0.05) is 6.07 Å². The maximum atomic E-state index is 10.5. The second-order valence-electron chi connectivity index (χ2n) is 5.01. The highest BCUT2D eigenvalue weighted by Crippen LogP contribution is 2.24. The molecule has 4 nitrogen and oxygen atoms in total. The summed E-state index contributed by atoms with van der Waals surface area (Å²) < 4.78 is 1.11. The number of guanidine groups is 1. The number of nitrogens with one attached hydrogen (secondary N) is 2. The van der Waals surface area contributed by atoms with E-state index in [4.69, 9.17) is 0 Å². The van der Waals surface area contributed by atoms with Gasteiger partial charge in [0.25, 0.3) is 0 Å². The van der Waals surface area contributed by atoms with Crippen LogP contribution in [0.5, 0.6) is 0 Å². The second-order valence-corrected chi connectivity index (χ2v) is 8.50. The molecule has 0 fully saturated rings. The van der Waals surface area contributed by atoms with Crippen LogP contribution in [0.25, 0.3) is 0 Å². The Bertz CT molecular complexity index is 614. The standard InChI is InChI=1S/C15H20BrN3OS2.HI/c1-3-17-14(18-9-11-6-7-13(16)22-11)19-10-15(2,20)12-5-4-8-21-12;/h4-8,20H,3,9-10H2,1-2H3,(H2,17,18,19);1H. The van der Waals surface area contributed by atoms with Crippen LogP contribution in [0.4, 0.5) is 0 Å². The molecule has 2 aromatic heterocycles. The van der Waals surface area contributed by atoms with E-state index in [0.29, 0.717) is 19.0 Å². The summed E-state index contributed by atoms with van der Waals surface area (Å²) in [6.07, 6.45) is 0. The third-order valence-electron chi connectivity index (χ3n) is 3.02. The van der Waals surface area contributed by atoms with Gasteiger partial charge in [-0.2, -0.15) is 0 Å². The molecule has 2 rings (SSSR count). The molecule has 0 saturated heterocycles. The zero-order valence-electron chi connectivity index (χ0n) is 13.0. The maximum absolute atomic E-state index is 10.5. The van der Waals surface area contributed by atoms with Crippen molar-refractivity contribution in [2.24, 2.45) is 4.99 Å². The number of aliphatic imine (C=N–C) groups is 1. The Balaban J connectivity index is 0.00000264. The maximum Gasteiger partial charge on any atom is 0.191 e. The van der Waals surface area contributed by atoms with E-state index >= 15 is 0 Å². The van der Waals surface area contributed by atoms with Crippen LogP contribution < -0.4 is 10.6 Å². The summed E-state index contributed by atoms with van der Waals surface area (Å²) in [7, 11) is 0. The van der Waals surface area contributed by atoms with Crippen molar-refractivity contribution >= 4 is 68.5 Å². The quantitative estimate of drug-likeness (QED) is 0.299. The lowest BCUT2D eigenvalue weighted by Gasteiger charge is -2.23. The molecule has 1 unspecified atom stereocenters. The molecule has 0 amide bonds. The summed E-state index contributed by atoms with van der Waals surface area (Å²) in [5, 5.41) is 18.9. The van der Waals surface area contributed by atoms with Gasteiger partial charge < -0.3 is 15.7 Å². The van der Waals surface area contributed by atoms with Crippen molar-refractivity contribution in [3.8, 4) is 0 Å². The molecule has 0 bridgehead atoms. The van der Waals surface area contributed by atoms with Crippen molar-refractivity contribution in [1.29, 1.82) is 0 Å². The number of rotatable bonds is 6. The monoisotopic (exact) mass is 529 g/mol. The minimum absolute atomic E-state index is 0. The van der Waals surface area contributed by atoms with Gasteiger partial charge in [0.15, 0.2) is 5.96 Å². The molecule has 0 aliphatic carbocycles. The van der Waals surface area contributed by atoms with E-state index < -0.39 is 5.60 Å². The summed E-state index contributed by atoms with van der Waals surface area (Å²) in [6.45, 7) is 5.64. The summed E-state index contributed by atoms with van der Waals surface area (Å²) >= 11 is 6.69. The Morgan fingerprint density at radius 3 is 2.70 bits per heavy atom. The van der Waals surface area contributed by atoms with Crippen LogP contribution in [0.15, 0.2) is 38.4 Å². The molecule has 0 saturated carbocycles. The summed E-state index contributed by atoms with van der Waals surface area (Å²) in [5.41, 5.74) is -0.906. The normalized spacial score (nSPS) is 14.0. The molecule has 0 spiro atoms. The number of thiophene rings is 2. The first-order valence-electron chi connectivity index (χ1n) is 7.04. The molecule has 3 N–H and O–H groups in total. The van der Waals surface area contributed by atoms with Gasteiger partial charge in [0, 0.05) is 16.3 Å². The highest BCUT2D eigenvalue weighted by atomic mass is 127. The number of hydrogen-bond acceptors (Lipinski definition) is 4. The minimum Gasteiger partial charge on any atom is -0.383 e. The average molecular weight is 530 g/mol. The van der Waals surface area contributed by atoms with Gasteiger partial charge >= 0.3 is 0 Å². The molecule has 0 radical (unpaired) electrons. The number of halogens is 2. The lowest BCUT2D eigenvalue weighted by Crippen LogP contribution is -2.44. The smallest absolute Gasteiger partial charge is 0.191 e. The van der Waals surface area contributed by atoms with Crippen LogP contribution >= 0.6 is 62.6 Å². The van der Waals surface area contributed by atoms with E-state index in [1.165, 1.54) is 4.88 Å². The second kappa shape index (κ2) is 9.97. The number of aliphatic hydroxyl groups is 1. The Kier molecular flexibility index (Phi) is 9.06.